The van der Waals surface area contributed by atoms with Crippen LogP contribution in [-0.4, -0.2) is 28.9 Å². The SMILES string of the molecule is O=C(Nc1ccnn1CC1CCOC1)c1cc(F)cc(F)c1. The van der Waals surface area contributed by atoms with E-state index in [0.29, 0.717) is 24.9 Å². The van der Waals surface area contributed by atoms with Gasteiger partial charge in [0.05, 0.1) is 12.8 Å². The number of amides is 1. The predicted molar refractivity (Wildman–Crippen MR) is 75.5 cm³/mol. The fourth-order valence-electron chi connectivity index (χ4n) is 2.43. The summed E-state index contributed by atoms with van der Waals surface area (Å²) in [5, 5.41) is 6.78. The van der Waals surface area contributed by atoms with E-state index in [2.05, 4.69) is 10.4 Å². The molecule has 1 aliphatic rings. The first-order valence-corrected chi connectivity index (χ1v) is 6.99. The van der Waals surface area contributed by atoms with Crippen LogP contribution in [0.15, 0.2) is 30.5 Å². The van der Waals surface area contributed by atoms with Crippen LogP contribution in [0.5, 0.6) is 0 Å². The van der Waals surface area contributed by atoms with E-state index in [4.69, 9.17) is 4.74 Å². The van der Waals surface area contributed by atoms with Gasteiger partial charge in [0.25, 0.3) is 5.91 Å². The van der Waals surface area contributed by atoms with Crippen LogP contribution in [-0.2, 0) is 11.3 Å². The van der Waals surface area contributed by atoms with Crippen LogP contribution in [0.25, 0.3) is 0 Å². The van der Waals surface area contributed by atoms with Crippen molar-refractivity contribution in [1.29, 1.82) is 0 Å². The number of rotatable bonds is 4. The number of aromatic nitrogens is 2. The fraction of sp³-hybridized carbons (Fsp3) is 0.333. The maximum Gasteiger partial charge on any atom is 0.257 e. The third-order valence-electron chi connectivity index (χ3n) is 3.54. The van der Waals surface area contributed by atoms with E-state index >= 15 is 0 Å². The minimum Gasteiger partial charge on any atom is -0.381 e. The highest BCUT2D eigenvalue weighted by Gasteiger charge is 2.18. The molecule has 0 radical (unpaired) electrons. The zero-order valence-corrected chi connectivity index (χ0v) is 11.8. The van der Waals surface area contributed by atoms with Crippen molar-refractivity contribution in [3.8, 4) is 0 Å². The number of carbonyl (C=O) groups excluding carboxylic acids is 1. The molecule has 1 amide bonds. The first-order valence-electron chi connectivity index (χ1n) is 6.99. The third kappa shape index (κ3) is 3.30. The minimum atomic E-state index is -0.790. The van der Waals surface area contributed by atoms with Crippen LogP contribution in [0.1, 0.15) is 16.8 Å². The second-order valence-electron chi connectivity index (χ2n) is 5.24. The van der Waals surface area contributed by atoms with Gasteiger partial charge >= 0.3 is 0 Å². The van der Waals surface area contributed by atoms with Gasteiger partial charge in [0, 0.05) is 36.8 Å². The van der Waals surface area contributed by atoms with Crippen molar-refractivity contribution < 1.29 is 18.3 Å². The molecule has 1 atom stereocenters. The molecule has 1 unspecified atom stereocenters. The van der Waals surface area contributed by atoms with Crippen molar-refractivity contribution in [2.45, 2.75) is 13.0 Å². The zero-order chi connectivity index (χ0) is 15.5. The topological polar surface area (TPSA) is 56.2 Å². The number of benzene rings is 1. The molecule has 3 rings (SSSR count). The van der Waals surface area contributed by atoms with Crippen molar-refractivity contribution >= 4 is 11.7 Å². The highest BCUT2D eigenvalue weighted by molar-refractivity contribution is 6.03. The summed E-state index contributed by atoms with van der Waals surface area (Å²) in [7, 11) is 0. The van der Waals surface area contributed by atoms with E-state index in [1.54, 1.807) is 16.9 Å². The summed E-state index contributed by atoms with van der Waals surface area (Å²) in [6.07, 6.45) is 2.51. The number of nitrogens with zero attached hydrogens (tertiary/aromatic N) is 2. The Morgan fingerprint density at radius 3 is 2.82 bits per heavy atom. The fourth-order valence-corrected chi connectivity index (χ4v) is 2.43. The van der Waals surface area contributed by atoms with E-state index in [-0.39, 0.29) is 5.56 Å². The molecule has 1 aliphatic heterocycles. The van der Waals surface area contributed by atoms with E-state index < -0.39 is 17.5 Å². The smallest absolute Gasteiger partial charge is 0.257 e. The lowest BCUT2D eigenvalue weighted by molar-refractivity contribution is 0.102. The van der Waals surface area contributed by atoms with E-state index in [9.17, 15) is 13.6 Å². The Bertz CT molecular complexity index is 661. The average Bonchev–Trinajstić information content (AvgIpc) is 3.11. The Morgan fingerprint density at radius 1 is 1.36 bits per heavy atom. The molecule has 1 aromatic carbocycles. The number of carbonyl (C=O) groups is 1. The predicted octanol–water partition coefficient (Wildman–Crippen LogP) is 2.45. The molecule has 0 bridgehead atoms. The molecule has 0 spiro atoms. The number of anilines is 1. The number of hydrogen-bond acceptors (Lipinski definition) is 3. The van der Waals surface area contributed by atoms with E-state index in [1.165, 1.54) is 0 Å². The van der Waals surface area contributed by atoms with Gasteiger partial charge in [0.1, 0.15) is 17.5 Å². The van der Waals surface area contributed by atoms with Gasteiger partial charge < -0.3 is 10.1 Å². The summed E-state index contributed by atoms with van der Waals surface area (Å²) in [5.74, 6) is -1.32. The molecule has 0 saturated carbocycles. The molecule has 1 aromatic heterocycles. The lowest BCUT2D eigenvalue weighted by Gasteiger charge is -2.12. The quantitative estimate of drug-likeness (QED) is 0.944. The Morgan fingerprint density at radius 2 is 2.14 bits per heavy atom. The molecule has 7 heteroatoms. The van der Waals surface area contributed by atoms with Gasteiger partial charge in [-0.3, -0.25) is 4.79 Å². The lowest BCUT2D eigenvalue weighted by atomic mass is 10.1. The van der Waals surface area contributed by atoms with E-state index in [0.717, 1.165) is 31.2 Å². The Labute approximate surface area is 125 Å². The van der Waals surface area contributed by atoms with Gasteiger partial charge in [-0.05, 0) is 18.6 Å². The Hall–Kier alpha value is -2.28. The Balaban J connectivity index is 1.72. The van der Waals surface area contributed by atoms with Crippen LogP contribution >= 0.6 is 0 Å². The van der Waals surface area contributed by atoms with Gasteiger partial charge in [-0.25, -0.2) is 13.5 Å². The first kappa shape index (κ1) is 14.6. The molecular weight excluding hydrogens is 292 g/mol. The molecule has 2 aromatic rings. The van der Waals surface area contributed by atoms with Crippen LogP contribution in [0.2, 0.25) is 0 Å². The molecule has 5 nitrogen and oxygen atoms in total. The molecule has 116 valence electrons. The summed E-state index contributed by atoms with van der Waals surface area (Å²) in [4.78, 5) is 12.1. The summed E-state index contributed by atoms with van der Waals surface area (Å²) in [5.41, 5.74) is -0.0746. The normalized spacial score (nSPS) is 17.6. The van der Waals surface area contributed by atoms with Crippen LogP contribution < -0.4 is 5.32 Å². The van der Waals surface area contributed by atoms with Crippen LogP contribution in [0.4, 0.5) is 14.6 Å². The van der Waals surface area contributed by atoms with Gasteiger partial charge in [-0.2, -0.15) is 5.10 Å². The largest absolute Gasteiger partial charge is 0.381 e. The number of ether oxygens (including phenoxy) is 1. The molecular formula is C15H15F2N3O2. The first-order chi connectivity index (χ1) is 10.6. The number of hydrogen-bond donors (Lipinski definition) is 1. The van der Waals surface area contributed by atoms with Crippen molar-refractivity contribution in [1.82, 2.24) is 9.78 Å². The van der Waals surface area contributed by atoms with Gasteiger partial charge in [-0.1, -0.05) is 0 Å². The second kappa shape index (κ2) is 6.23. The standard InChI is InChI=1S/C15H15F2N3O2/c16-12-5-11(6-13(17)7-12)15(21)19-14-1-3-18-20(14)8-10-2-4-22-9-10/h1,3,5-7,10H,2,4,8-9H2,(H,19,21). The maximum absolute atomic E-state index is 13.2. The highest BCUT2D eigenvalue weighted by Crippen LogP contribution is 2.18. The molecule has 1 fully saturated rings. The maximum atomic E-state index is 13.2. The summed E-state index contributed by atoms with van der Waals surface area (Å²) in [6.45, 7) is 2.03. The molecule has 1 N–H and O–H groups in total. The van der Waals surface area contributed by atoms with Gasteiger partial charge in [-0.15, -0.1) is 0 Å². The van der Waals surface area contributed by atoms with Gasteiger partial charge in [0.2, 0.25) is 0 Å². The van der Waals surface area contributed by atoms with Gasteiger partial charge in [0.15, 0.2) is 0 Å². The molecule has 1 saturated heterocycles. The van der Waals surface area contributed by atoms with Crippen molar-refractivity contribution in [3.05, 3.63) is 47.7 Å². The summed E-state index contributed by atoms with van der Waals surface area (Å²) >= 11 is 0. The number of halogens is 2. The third-order valence-corrected chi connectivity index (χ3v) is 3.54. The van der Waals surface area contributed by atoms with Crippen molar-refractivity contribution in [2.24, 2.45) is 5.92 Å². The number of nitrogens with one attached hydrogen (secondary N) is 1. The van der Waals surface area contributed by atoms with Crippen molar-refractivity contribution in [3.63, 3.8) is 0 Å². The summed E-state index contributed by atoms with van der Waals surface area (Å²) in [6, 6.07) is 4.35. The molecule has 0 aliphatic carbocycles. The van der Waals surface area contributed by atoms with Crippen LogP contribution in [0, 0.1) is 17.6 Å². The summed E-state index contributed by atoms with van der Waals surface area (Å²) < 4.78 is 33.3. The lowest BCUT2D eigenvalue weighted by Crippen LogP contribution is -2.19. The Kier molecular flexibility index (Phi) is 4.15. The zero-order valence-electron chi connectivity index (χ0n) is 11.8. The monoisotopic (exact) mass is 307 g/mol. The molecule has 2 heterocycles. The highest BCUT2D eigenvalue weighted by atomic mass is 19.1. The van der Waals surface area contributed by atoms with E-state index in [1.807, 2.05) is 0 Å². The minimum absolute atomic E-state index is 0.0746. The second-order valence-corrected chi connectivity index (χ2v) is 5.24. The average molecular weight is 307 g/mol. The molecule has 22 heavy (non-hydrogen) atoms. The van der Waals surface area contributed by atoms with Crippen molar-refractivity contribution in [2.75, 3.05) is 18.5 Å². The van der Waals surface area contributed by atoms with Crippen LogP contribution in [0.3, 0.4) is 0 Å².